The third kappa shape index (κ3) is 6.86. The number of hydrogen-bond donors (Lipinski definition) is 3. The van der Waals surface area contributed by atoms with Crippen molar-refractivity contribution in [3.63, 3.8) is 0 Å². The fraction of sp³-hybridized carbons (Fsp3) is 0.150. The molecule has 8 nitrogen and oxygen atoms in total. The molecule has 0 aliphatic heterocycles. The van der Waals surface area contributed by atoms with Crippen molar-refractivity contribution in [2.45, 2.75) is 17.7 Å². The molecule has 31 heavy (non-hydrogen) atoms. The number of hydrogen-bond acceptors (Lipinski definition) is 6. The van der Waals surface area contributed by atoms with E-state index in [1.807, 2.05) is 0 Å². The second kappa shape index (κ2) is 10.0. The SMILES string of the molecule is NS(=O)(=O)c1ccc(CCNC(=O)Cc2csc(NC(=O)c3ccc(Cl)cc3)n2)cc1. The van der Waals surface area contributed by atoms with Crippen molar-refractivity contribution in [3.8, 4) is 0 Å². The smallest absolute Gasteiger partial charge is 0.257 e. The maximum atomic E-state index is 12.2. The fourth-order valence-electron chi connectivity index (χ4n) is 2.64. The van der Waals surface area contributed by atoms with Gasteiger partial charge in [-0.25, -0.2) is 18.5 Å². The number of carbonyl (C=O) groups excluding carboxylic acids is 2. The normalized spacial score (nSPS) is 11.2. The van der Waals surface area contributed by atoms with E-state index in [-0.39, 0.29) is 23.1 Å². The molecule has 0 spiro atoms. The molecule has 1 heterocycles. The molecule has 11 heteroatoms. The summed E-state index contributed by atoms with van der Waals surface area (Å²) in [6, 6.07) is 12.7. The Morgan fingerprint density at radius 3 is 2.39 bits per heavy atom. The highest BCUT2D eigenvalue weighted by Crippen LogP contribution is 2.18. The summed E-state index contributed by atoms with van der Waals surface area (Å²) in [4.78, 5) is 28.6. The van der Waals surface area contributed by atoms with E-state index in [0.717, 1.165) is 5.56 Å². The molecule has 4 N–H and O–H groups in total. The minimum atomic E-state index is -3.72. The van der Waals surface area contributed by atoms with E-state index in [4.69, 9.17) is 16.7 Å². The second-order valence-electron chi connectivity index (χ2n) is 6.57. The van der Waals surface area contributed by atoms with Crippen LogP contribution in [0.1, 0.15) is 21.6 Å². The van der Waals surface area contributed by atoms with Gasteiger partial charge >= 0.3 is 0 Å². The van der Waals surface area contributed by atoms with Crippen LogP contribution in [0.4, 0.5) is 5.13 Å². The van der Waals surface area contributed by atoms with Gasteiger partial charge in [-0.2, -0.15) is 0 Å². The highest BCUT2D eigenvalue weighted by molar-refractivity contribution is 7.89. The average Bonchev–Trinajstić information content (AvgIpc) is 3.14. The molecular formula is C20H19ClN4O4S2. The Balaban J connectivity index is 1.45. The van der Waals surface area contributed by atoms with E-state index in [2.05, 4.69) is 15.6 Å². The van der Waals surface area contributed by atoms with E-state index in [1.165, 1.54) is 23.5 Å². The van der Waals surface area contributed by atoms with E-state index in [1.54, 1.807) is 41.8 Å². The number of nitrogens with two attached hydrogens (primary N) is 1. The monoisotopic (exact) mass is 478 g/mol. The zero-order chi connectivity index (χ0) is 22.4. The Labute approximate surface area is 188 Å². The molecule has 2 aromatic carbocycles. The van der Waals surface area contributed by atoms with Crippen LogP contribution in [0.15, 0.2) is 58.8 Å². The quantitative estimate of drug-likeness (QED) is 0.458. The van der Waals surface area contributed by atoms with Crippen molar-refractivity contribution < 1.29 is 18.0 Å². The topological polar surface area (TPSA) is 131 Å². The molecular weight excluding hydrogens is 460 g/mol. The number of carbonyl (C=O) groups is 2. The van der Waals surface area contributed by atoms with Gasteiger partial charge in [0.25, 0.3) is 5.91 Å². The van der Waals surface area contributed by atoms with Crippen molar-refractivity contribution in [1.29, 1.82) is 0 Å². The lowest BCUT2D eigenvalue weighted by Crippen LogP contribution is -2.27. The van der Waals surface area contributed by atoms with Gasteiger partial charge in [0.05, 0.1) is 17.0 Å². The van der Waals surface area contributed by atoms with Crippen LogP contribution in [0.2, 0.25) is 5.02 Å². The molecule has 0 unspecified atom stereocenters. The highest BCUT2D eigenvalue weighted by Gasteiger charge is 2.12. The van der Waals surface area contributed by atoms with Crippen molar-refractivity contribution in [2.75, 3.05) is 11.9 Å². The summed E-state index contributed by atoms with van der Waals surface area (Å²) in [6.07, 6.45) is 0.619. The standard InChI is InChI=1S/C20H19ClN4O4S2/c21-15-5-3-14(4-6-15)19(27)25-20-24-16(12-30-20)11-18(26)23-10-9-13-1-7-17(8-2-13)31(22,28)29/h1-8,12H,9-11H2,(H,23,26)(H2,22,28,29)(H,24,25,27). The van der Waals surface area contributed by atoms with Crippen LogP contribution in [0.25, 0.3) is 0 Å². The summed E-state index contributed by atoms with van der Waals surface area (Å²) in [5, 5.41) is 13.2. The summed E-state index contributed by atoms with van der Waals surface area (Å²) in [6.45, 7) is 0.387. The molecule has 1 aromatic heterocycles. The largest absolute Gasteiger partial charge is 0.355 e. The van der Waals surface area contributed by atoms with Gasteiger partial charge in [0.2, 0.25) is 15.9 Å². The number of rotatable bonds is 8. The Morgan fingerprint density at radius 2 is 1.74 bits per heavy atom. The number of nitrogens with one attached hydrogen (secondary N) is 2. The van der Waals surface area contributed by atoms with Gasteiger partial charge in [0.1, 0.15) is 0 Å². The molecule has 162 valence electrons. The second-order valence-corrected chi connectivity index (χ2v) is 9.43. The average molecular weight is 479 g/mol. The summed E-state index contributed by atoms with van der Waals surface area (Å²) in [5.74, 6) is -0.516. The number of thiazole rings is 1. The van der Waals surface area contributed by atoms with Gasteiger partial charge in [-0.1, -0.05) is 23.7 Å². The van der Waals surface area contributed by atoms with E-state index in [9.17, 15) is 18.0 Å². The molecule has 3 aromatic rings. The first kappa shape index (κ1) is 22.9. The molecule has 0 atom stereocenters. The van der Waals surface area contributed by atoms with Gasteiger partial charge < -0.3 is 5.32 Å². The Bertz CT molecular complexity index is 1180. The van der Waals surface area contributed by atoms with E-state index in [0.29, 0.717) is 34.4 Å². The molecule has 0 radical (unpaired) electrons. The van der Waals surface area contributed by atoms with Gasteiger partial charge in [-0.05, 0) is 48.4 Å². The van der Waals surface area contributed by atoms with Crippen molar-refractivity contribution in [2.24, 2.45) is 5.14 Å². The lowest BCUT2D eigenvalue weighted by Gasteiger charge is -2.05. The first-order valence-corrected chi connectivity index (χ1v) is 11.9. The third-order valence-electron chi connectivity index (χ3n) is 4.21. The lowest BCUT2D eigenvalue weighted by molar-refractivity contribution is -0.120. The fourth-order valence-corrected chi connectivity index (χ4v) is 3.98. The molecule has 0 saturated heterocycles. The first-order chi connectivity index (χ1) is 14.7. The lowest BCUT2D eigenvalue weighted by atomic mass is 10.1. The minimum absolute atomic E-state index is 0.0442. The van der Waals surface area contributed by atoms with Crippen molar-refractivity contribution in [3.05, 3.63) is 75.8 Å². The molecule has 0 aliphatic carbocycles. The van der Waals surface area contributed by atoms with E-state index >= 15 is 0 Å². The number of benzene rings is 2. The zero-order valence-electron chi connectivity index (χ0n) is 16.2. The van der Waals surface area contributed by atoms with Crippen molar-refractivity contribution >= 4 is 49.9 Å². The van der Waals surface area contributed by atoms with Crippen LogP contribution in [-0.4, -0.2) is 31.8 Å². The van der Waals surface area contributed by atoms with Crippen molar-refractivity contribution in [1.82, 2.24) is 10.3 Å². The number of amides is 2. The van der Waals surface area contributed by atoms with Gasteiger partial charge in [-0.3, -0.25) is 14.9 Å². The predicted octanol–water partition coefficient (Wildman–Crippen LogP) is 2.60. The number of aromatic nitrogens is 1. The molecule has 0 aliphatic rings. The number of nitrogens with zero attached hydrogens (tertiary/aromatic N) is 1. The Kier molecular flexibility index (Phi) is 7.39. The predicted molar refractivity (Wildman–Crippen MR) is 120 cm³/mol. The summed E-state index contributed by atoms with van der Waals surface area (Å²) in [5.41, 5.74) is 1.87. The molecule has 0 bridgehead atoms. The summed E-state index contributed by atoms with van der Waals surface area (Å²) in [7, 11) is -3.72. The van der Waals surface area contributed by atoms with Crippen LogP contribution in [0, 0.1) is 0 Å². The number of halogens is 1. The third-order valence-corrected chi connectivity index (χ3v) is 6.20. The highest BCUT2D eigenvalue weighted by atomic mass is 35.5. The Morgan fingerprint density at radius 1 is 1.06 bits per heavy atom. The first-order valence-electron chi connectivity index (χ1n) is 9.10. The zero-order valence-corrected chi connectivity index (χ0v) is 18.6. The summed E-state index contributed by atoms with van der Waals surface area (Å²) < 4.78 is 22.5. The van der Waals surface area contributed by atoms with Gasteiger partial charge in [0, 0.05) is 22.5 Å². The van der Waals surface area contributed by atoms with Gasteiger partial charge in [-0.15, -0.1) is 11.3 Å². The number of primary sulfonamides is 1. The van der Waals surface area contributed by atoms with Crippen LogP contribution in [0.3, 0.4) is 0 Å². The minimum Gasteiger partial charge on any atom is -0.355 e. The van der Waals surface area contributed by atoms with E-state index < -0.39 is 10.0 Å². The maximum Gasteiger partial charge on any atom is 0.257 e. The molecule has 2 amide bonds. The van der Waals surface area contributed by atoms with Gasteiger partial charge in [0.15, 0.2) is 5.13 Å². The Hall–Kier alpha value is -2.79. The number of sulfonamides is 1. The molecule has 0 saturated carbocycles. The van der Waals surface area contributed by atoms with Crippen LogP contribution in [-0.2, 0) is 27.7 Å². The summed E-state index contributed by atoms with van der Waals surface area (Å²) >= 11 is 7.05. The van der Waals surface area contributed by atoms with Crippen LogP contribution >= 0.6 is 22.9 Å². The van der Waals surface area contributed by atoms with Crippen LogP contribution in [0.5, 0.6) is 0 Å². The maximum absolute atomic E-state index is 12.2. The number of anilines is 1. The molecule has 3 rings (SSSR count). The molecule has 0 fully saturated rings. The van der Waals surface area contributed by atoms with Crippen LogP contribution < -0.4 is 15.8 Å².